The Balaban J connectivity index is 1.93. The van der Waals surface area contributed by atoms with Crippen LogP contribution in [0, 0.1) is 5.92 Å². The van der Waals surface area contributed by atoms with Gasteiger partial charge in [-0.15, -0.1) is 0 Å². The normalized spacial score (nSPS) is 13.8. The number of imide groups is 1. The van der Waals surface area contributed by atoms with Crippen LogP contribution in [0.2, 0.25) is 0 Å². The Kier molecular flexibility index (Phi) is 7.92. The van der Waals surface area contributed by atoms with Crippen LogP contribution >= 0.6 is 0 Å². The zero-order valence-electron chi connectivity index (χ0n) is 19.3. The van der Waals surface area contributed by atoms with Gasteiger partial charge in [0.05, 0.1) is 18.8 Å². The average Bonchev–Trinajstić information content (AvgIpc) is 3.01. The van der Waals surface area contributed by atoms with Crippen molar-refractivity contribution >= 4 is 23.1 Å². The first-order valence-electron chi connectivity index (χ1n) is 11.3. The molecule has 0 fully saturated rings. The molecule has 0 saturated heterocycles. The second-order valence-electron chi connectivity index (χ2n) is 8.24. The summed E-state index contributed by atoms with van der Waals surface area (Å²) in [5.41, 5.74) is 2.04. The fraction of sp³-hybridized carbons (Fsp3) is 0.385. The van der Waals surface area contributed by atoms with Gasteiger partial charge in [-0.25, -0.2) is 0 Å². The van der Waals surface area contributed by atoms with Gasteiger partial charge in [-0.05, 0) is 48.6 Å². The number of anilines is 1. The number of nitrogens with one attached hydrogen (secondary N) is 1. The summed E-state index contributed by atoms with van der Waals surface area (Å²) in [6, 6.07) is 14.7. The Bertz CT molecular complexity index is 980. The van der Waals surface area contributed by atoms with Crippen LogP contribution in [0.3, 0.4) is 0 Å². The third kappa shape index (κ3) is 5.49. The van der Waals surface area contributed by atoms with Crippen molar-refractivity contribution in [1.29, 1.82) is 0 Å². The molecule has 1 heterocycles. The highest BCUT2D eigenvalue weighted by Crippen LogP contribution is 2.32. The molecular formula is C26H32N2O4. The summed E-state index contributed by atoms with van der Waals surface area (Å²) in [5, 5.41) is 3.19. The van der Waals surface area contributed by atoms with E-state index in [9.17, 15) is 9.59 Å². The molecule has 0 aliphatic carbocycles. The molecule has 2 aromatic carbocycles. The zero-order chi connectivity index (χ0) is 23.1. The number of amides is 2. The van der Waals surface area contributed by atoms with Crippen molar-refractivity contribution in [2.45, 2.75) is 40.5 Å². The van der Waals surface area contributed by atoms with E-state index in [1.54, 1.807) is 0 Å². The first-order chi connectivity index (χ1) is 15.4. The average molecular weight is 437 g/mol. The summed E-state index contributed by atoms with van der Waals surface area (Å²) in [7, 11) is 0. The van der Waals surface area contributed by atoms with Gasteiger partial charge in [0, 0.05) is 18.3 Å². The first-order valence-corrected chi connectivity index (χ1v) is 11.3. The number of rotatable bonds is 11. The Labute approximate surface area is 190 Å². The Hall–Kier alpha value is -3.28. The zero-order valence-corrected chi connectivity index (χ0v) is 19.3. The number of hydrogen-bond acceptors (Lipinski definition) is 5. The van der Waals surface area contributed by atoms with Gasteiger partial charge in [-0.3, -0.25) is 14.5 Å². The van der Waals surface area contributed by atoms with Crippen molar-refractivity contribution in [1.82, 2.24) is 4.90 Å². The van der Waals surface area contributed by atoms with Crippen LogP contribution < -0.4 is 14.8 Å². The van der Waals surface area contributed by atoms with Crippen LogP contribution in [0.15, 0.2) is 54.2 Å². The van der Waals surface area contributed by atoms with E-state index in [-0.39, 0.29) is 17.5 Å². The van der Waals surface area contributed by atoms with Gasteiger partial charge in [0.1, 0.15) is 17.2 Å². The molecule has 1 N–H and O–H groups in total. The van der Waals surface area contributed by atoms with Crippen molar-refractivity contribution in [3.05, 3.63) is 59.8 Å². The highest BCUT2D eigenvalue weighted by molar-refractivity contribution is 6.36. The maximum atomic E-state index is 13.2. The number of carbonyl (C=O) groups excluding carboxylic acids is 2. The van der Waals surface area contributed by atoms with E-state index in [0.29, 0.717) is 54.7 Å². The molecule has 3 rings (SSSR count). The van der Waals surface area contributed by atoms with Crippen LogP contribution in [0.5, 0.6) is 11.5 Å². The largest absolute Gasteiger partial charge is 0.494 e. The molecule has 32 heavy (non-hydrogen) atoms. The van der Waals surface area contributed by atoms with Gasteiger partial charge in [-0.1, -0.05) is 45.9 Å². The second kappa shape index (κ2) is 10.8. The number of nitrogens with zero attached hydrogens (tertiary/aromatic N) is 1. The number of carbonyl (C=O) groups is 2. The number of benzene rings is 2. The van der Waals surface area contributed by atoms with E-state index < -0.39 is 0 Å². The van der Waals surface area contributed by atoms with Crippen molar-refractivity contribution in [2.75, 3.05) is 25.1 Å². The summed E-state index contributed by atoms with van der Waals surface area (Å²) in [5.74, 6) is 1.27. The predicted octanol–water partition coefficient (Wildman–Crippen LogP) is 5.11. The van der Waals surface area contributed by atoms with Gasteiger partial charge in [0.2, 0.25) is 0 Å². The molecule has 6 heteroatoms. The van der Waals surface area contributed by atoms with Gasteiger partial charge in [-0.2, -0.15) is 0 Å². The van der Waals surface area contributed by atoms with Crippen molar-refractivity contribution < 1.29 is 19.1 Å². The molecule has 0 unspecified atom stereocenters. The van der Waals surface area contributed by atoms with E-state index in [1.807, 2.05) is 62.4 Å². The fourth-order valence-corrected chi connectivity index (χ4v) is 3.40. The summed E-state index contributed by atoms with van der Waals surface area (Å²) in [6.07, 6.45) is 1.60. The molecule has 6 nitrogen and oxygen atoms in total. The van der Waals surface area contributed by atoms with Crippen molar-refractivity contribution in [2.24, 2.45) is 5.92 Å². The lowest BCUT2D eigenvalue weighted by molar-refractivity contribution is -0.136. The minimum absolute atomic E-state index is 0.284. The molecule has 1 aliphatic rings. The molecule has 0 bridgehead atoms. The van der Waals surface area contributed by atoms with E-state index in [4.69, 9.17) is 9.47 Å². The second-order valence-corrected chi connectivity index (χ2v) is 8.24. The molecule has 0 spiro atoms. The first kappa shape index (κ1) is 23.4. The molecule has 2 amide bonds. The molecule has 0 saturated carbocycles. The molecular weight excluding hydrogens is 404 g/mol. The topological polar surface area (TPSA) is 67.9 Å². The fourth-order valence-electron chi connectivity index (χ4n) is 3.40. The maximum absolute atomic E-state index is 13.2. The molecule has 1 aliphatic heterocycles. The third-order valence-corrected chi connectivity index (χ3v) is 4.92. The quantitative estimate of drug-likeness (QED) is 0.496. The predicted molar refractivity (Wildman–Crippen MR) is 127 cm³/mol. The SMILES string of the molecule is CCCOc1cccc(NC2=C(c3ccc(OCC(C)C)cc3)C(=O)N(CCC)C2=O)c1. The van der Waals surface area contributed by atoms with Crippen molar-refractivity contribution in [3.63, 3.8) is 0 Å². The van der Waals surface area contributed by atoms with Gasteiger partial charge >= 0.3 is 0 Å². The maximum Gasteiger partial charge on any atom is 0.278 e. The van der Waals surface area contributed by atoms with Crippen LogP contribution in [0.1, 0.15) is 46.1 Å². The van der Waals surface area contributed by atoms with E-state index in [0.717, 1.165) is 12.2 Å². The Morgan fingerprint density at radius 3 is 2.31 bits per heavy atom. The molecule has 0 radical (unpaired) electrons. The van der Waals surface area contributed by atoms with Gasteiger partial charge < -0.3 is 14.8 Å². The Morgan fingerprint density at radius 2 is 1.66 bits per heavy atom. The highest BCUT2D eigenvalue weighted by atomic mass is 16.5. The summed E-state index contributed by atoms with van der Waals surface area (Å²) in [6.45, 7) is 9.78. The van der Waals surface area contributed by atoms with Crippen LogP contribution in [-0.4, -0.2) is 36.5 Å². The van der Waals surface area contributed by atoms with E-state index >= 15 is 0 Å². The van der Waals surface area contributed by atoms with Crippen LogP contribution in [0.25, 0.3) is 5.57 Å². The Morgan fingerprint density at radius 1 is 0.906 bits per heavy atom. The summed E-state index contributed by atoms with van der Waals surface area (Å²) >= 11 is 0. The minimum Gasteiger partial charge on any atom is -0.494 e. The lowest BCUT2D eigenvalue weighted by atomic mass is 10.0. The van der Waals surface area contributed by atoms with Gasteiger partial charge in [0.15, 0.2) is 0 Å². The van der Waals surface area contributed by atoms with Gasteiger partial charge in [0.25, 0.3) is 11.8 Å². The lowest BCUT2D eigenvalue weighted by Gasteiger charge is -2.14. The lowest BCUT2D eigenvalue weighted by Crippen LogP contribution is -2.33. The third-order valence-electron chi connectivity index (χ3n) is 4.92. The molecule has 0 aromatic heterocycles. The molecule has 170 valence electrons. The molecule has 0 atom stereocenters. The minimum atomic E-state index is -0.313. The van der Waals surface area contributed by atoms with Crippen LogP contribution in [0.4, 0.5) is 5.69 Å². The number of ether oxygens (including phenoxy) is 2. The summed E-state index contributed by atoms with van der Waals surface area (Å²) < 4.78 is 11.5. The monoisotopic (exact) mass is 436 g/mol. The van der Waals surface area contributed by atoms with Crippen molar-refractivity contribution in [3.8, 4) is 11.5 Å². The summed E-state index contributed by atoms with van der Waals surface area (Å²) in [4.78, 5) is 27.6. The highest BCUT2D eigenvalue weighted by Gasteiger charge is 2.38. The smallest absolute Gasteiger partial charge is 0.278 e. The molecule has 2 aromatic rings. The standard InChI is InChI=1S/C26H32N2O4/c1-5-14-28-25(29)23(19-10-12-21(13-11-19)32-17-18(3)4)24(26(28)30)27-20-8-7-9-22(16-20)31-15-6-2/h7-13,16,18,27H,5-6,14-15,17H2,1-4H3. The van der Waals surface area contributed by atoms with Crippen LogP contribution in [-0.2, 0) is 9.59 Å². The number of hydrogen-bond donors (Lipinski definition) is 1. The van der Waals surface area contributed by atoms with E-state index in [2.05, 4.69) is 19.2 Å². The van der Waals surface area contributed by atoms with E-state index in [1.165, 1.54) is 4.90 Å².